The van der Waals surface area contributed by atoms with E-state index in [4.69, 9.17) is 4.52 Å². The maximum Gasteiger partial charge on any atom is 0.229 e. The molecule has 1 aromatic rings. The Morgan fingerprint density at radius 2 is 2.20 bits per heavy atom. The molecule has 0 saturated heterocycles. The second-order valence-electron chi connectivity index (χ2n) is 4.58. The molecular formula is C11H19N3O. The molecule has 15 heavy (non-hydrogen) atoms. The Balaban J connectivity index is 2.14. The van der Waals surface area contributed by atoms with Crippen LogP contribution in [0.15, 0.2) is 4.52 Å². The van der Waals surface area contributed by atoms with Gasteiger partial charge in [0.2, 0.25) is 5.89 Å². The third-order valence-corrected chi connectivity index (χ3v) is 3.17. The molecule has 4 heteroatoms. The van der Waals surface area contributed by atoms with Crippen molar-refractivity contribution in [2.75, 3.05) is 7.05 Å². The van der Waals surface area contributed by atoms with E-state index in [2.05, 4.69) is 29.3 Å². The molecule has 1 aliphatic carbocycles. The van der Waals surface area contributed by atoms with Gasteiger partial charge in [0.15, 0.2) is 5.82 Å². The molecule has 84 valence electrons. The number of likely N-dealkylation sites (N-methyl/N-ethyl adjacent to an activating group) is 1. The van der Waals surface area contributed by atoms with Crippen LogP contribution in [0.3, 0.4) is 0 Å². The molecular weight excluding hydrogens is 190 g/mol. The summed E-state index contributed by atoms with van der Waals surface area (Å²) in [5.74, 6) is 2.40. The maximum atomic E-state index is 5.24. The van der Waals surface area contributed by atoms with E-state index in [9.17, 15) is 0 Å². The van der Waals surface area contributed by atoms with Crippen molar-refractivity contribution in [3.8, 4) is 0 Å². The van der Waals surface area contributed by atoms with Gasteiger partial charge in [0, 0.05) is 17.9 Å². The number of rotatable bonds is 3. The van der Waals surface area contributed by atoms with Gasteiger partial charge in [-0.15, -0.1) is 0 Å². The molecule has 1 aliphatic rings. The van der Waals surface area contributed by atoms with Gasteiger partial charge in [-0.3, -0.25) is 0 Å². The van der Waals surface area contributed by atoms with Gasteiger partial charge < -0.3 is 9.84 Å². The van der Waals surface area contributed by atoms with Crippen LogP contribution in [0.5, 0.6) is 0 Å². The quantitative estimate of drug-likeness (QED) is 0.827. The van der Waals surface area contributed by atoms with E-state index in [1.165, 1.54) is 19.3 Å². The fourth-order valence-electron chi connectivity index (χ4n) is 2.25. The van der Waals surface area contributed by atoms with E-state index in [1.807, 2.05) is 7.05 Å². The molecule has 0 unspecified atom stereocenters. The van der Waals surface area contributed by atoms with Crippen LogP contribution in [0, 0.1) is 0 Å². The van der Waals surface area contributed by atoms with Crippen molar-refractivity contribution < 1.29 is 4.52 Å². The molecule has 4 nitrogen and oxygen atoms in total. The summed E-state index contributed by atoms with van der Waals surface area (Å²) in [6.45, 7) is 4.14. The predicted octanol–water partition coefficient (Wildman–Crippen LogP) is 2.05. The lowest BCUT2D eigenvalue weighted by molar-refractivity contribution is 0.354. The molecule has 1 N–H and O–H groups in total. The number of hydrogen-bond donors (Lipinski definition) is 1. The lowest BCUT2D eigenvalue weighted by Crippen LogP contribution is -2.28. The number of nitrogens with one attached hydrogen (secondary N) is 1. The van der Waals surface area contributed by atoms with Crippen molar-refractivity contribution in [3.05, 3.63) is 11.7 Å². The highest BCUT2D eigenvalue weighted by Crippen LogP contribution is 2.33. The van der Waals surface area contributed by atoms with E-state index < -0.39 is 0 Å². The smallest absolute Gasteiger partial charge is 0.229 e. The molecule has 1 heterocycles. The standard InChI is InChI=1S/C11H19N3O/c1-7(2)11-13-10(14-15-11)8-5-4-6-9(8)12-3/h7-9,12H,4-6H2,1-3H3/t8-,9+/m0/s1. The van der Waals surface area contributed by atoms with Crippen LogP contribution in [0.2, 0.25) is 0 Å². The fraction of sp³-hybridized carbons (Fsp3) is 0.818. The van der Waals surface area contributed by atoms with Gasteiger partial charge >= 0.3 is 0 Å². The van der Waals surface area contributed by atoms with Gasteiger partial charge in [-0.25, -0.2) is 0 Å². The third kappa shape index (κ3) is 2.04. The first-order chi connectivity index (χ1) is 7.22. The van der Waals surface area contributed by atoms with E-state index in [0.717, 1.165) is 11.7 Å². The summed E-state index contributed by atoms with van der Waals surface area (Å²) < 4.78 is 5.24. The Bertz CT molecular complexity index is 321. The Kier molecular flexibility index (Phi) is 3.05. The summed E-state index contributed by atoms with van der Waals surface area (Å²) in [4.78, 5) is 4.47. The van der Waals surface area contributed by atoms with Gasteiger partial charge in [0.05, 0.1) is 0 Å². The minimum atomic E-state index is 0.320. The number of nitrogens with zero attached hydrogens (tertiary/aromatic N) is 2. The van der Waals surface area contributed by atoms with Gasteiger partial charge in [-0.05, 0) is 19.9 Å². The average Bonchev–Trinajstić information content (AvgIpc) is 2.85. The van der Waals surface area contributed by atoms with E-state index in [-0.39, 0.29) is 0 Å². The normalized spacial score (nSPS) is 26.4. The minimum Gasteiger partial charge on any atom is -0.339 e. The Morgan fingerprint density at radius 1 is 1.40 bits per heavy atom. The average molecular weight is 209 g/mol. The SMILES string of the molecule is CN[C@@H]1CCC[C@@H]1c1noc(C(C)C)n1. The zero-order chi connectivity index (χ0) is 10.8. The highest BCUT2D eigenvalue weighted by molar-refractivity contribution is 5.05. The largest absolute Gasteiger partial charge is 0.339 e. The Hall–Kier alpha value is -0.900. The molecule has 1 saturated carbocycles. The molecule has 0 amide bonds. The molecule has 1 aromatic heterocycles. The first-order valence-electron chi connectivity index (χ1n) is 5.73. The molecule has 0 aromatic carbocycles. The monoisotopic (exact) mass is 209 g/mol. The van der Waals surface area contributed by atoms with Crippen LogP contribution >= 0.6 is 0 Å². The summed E-state index contributed by atoms with van der Waals surface area (Å²) >= 11 is 0. The molecule has 2 rings (SSSR count). The van der Waals surface area contributed by atoms with Gasteiger partial charge in [0.1, 0.15) is 0 Å². The number of hydrogen-bond acceptors (Lipinski definition) is 4. The minimum absolute atomic E-state index is 0.320. The first kappa shape index (κ1) is 10.6. The predicted molar refractivity (Wildman–Crippen MR) is 57.8 cm³/mol. The zero-order valence-electron chi connectivity index (χ0n) is 9.66. The summed E-state index contributed by atoms with van der Waals surface area (Å²) in [5.41, 5.74) is 0. The van der Waals surface area contributed by atoms with Gasteiger partial charge in [0.25, 0.3) is 0 Å². The lowest BCUT2D eigenvalue weighted by Gasteiger charge is -2.14. The topological polar surface area (TPSA) is 51.0 Å². The van der Waals surface area contributed by atoms with Crippen LogP contribution in [0.1, 0.15) is 56.7 Å². The van der Waals surface area contributed by atoms with Crippen molar-refractivity contribution in [2.24, 2.45) is 0 Å². The third-order valence-electron chi connectivity index (χ3n) is 3.17. The molecule has 0 spiro atoms. The van der Waals surface area contributed by atoms with Crippen molar-refractivity contribution in [1.82, 2.24) is 15.5 Å². The molecule has 0 bridgehead atoms. The van der Waals surface area contributed by atoms with Crippen molar-refractivity contribution >= 4 is 0 Å². The fourth-order valence-corrected chi connectivity index (χ4v) is 2.25. The van der Waals surface area contributed by atoms with E-state index >= 15 is 0 Å². The van der Waals surface area contributed by atoms with Crippen LogP contribution < -0.4 is 5.32 Å². The summed E-state index contributed by atoms with van der Waals surface area (Å²) in [6, 6.07) is 0.516. The Morgan fingerprint density at radius 3 is 2.80 bits per heavy atom. The summed E-state index contributed by atoms with van der Waals surface area (Å²) in [5, 5.41) is 7.42. The van der Waals surface area contributed by atoms with Gasteiger partial charge in [-0.1, -0.05) is 25.4 Å². The Labute approximate surface area is 90.4 Å². The van der Waals surface area contributed by atoms with E-state index in [0.29, 0.717) is 17.9 Å². The number of aromatic nitrogens is 2. The van der Waals surface area contributed by atoms with Crippen LogP contribution in [0.4, 0.5) is 0 Å². The molecule has 2 atom stereocenters. The second-order valence-corrected chi connectivity index (χ2v) is 4.58. The highest BCUT2D eigenvalue weighted by Gasteiger charge is 2.31. The maximum absolute atomic E-state index is 5.24. The van der Waals surface area contributed by atoms with Crippen LogP contribution in [0.25, 0.3) is 0 Å². The van der Waals surface area contributed by atoms with Crippen LogP contribution in [-0.2, 0) is 0 Å². The van der Waals surface area contributed by atoms with Crippen molar-refractivity contribution in [1.29, 1.82) is 0 Å². The van der Waals surface area contributed by atoms with Crippen molar-refractivity contribution in [2.45, 2.75) is 51.0 Å². The van der Waals surface area contributed by atoms with Gasteiger partial charge in [-0.2, -0.15) is 4.98 Å². The zero-order valence-corrected chi connectivity index (χ0v) is 9.66. The van der Waals surface area contributed by atoms with E-state index in [1.54, 1.807) is 0 Å². The molecule has 0 aliphatic heterocycles. The molecule has 1 fully saturated rings. The molecule has 0 radical (unpaired) electrons. The summed E-state index contributed by atoms with van der Waals surface area (Å²) in [7, 11) is 2.01. The first-order valence-corrected chi connectivity index (χ1v) is 5.73. The summed E-state index contributed by atoms with van der Waals surface area (Å²) in [6.07, 6.45) is 3.64. The lowest BCUT2D eigenvalue weighted by atomic mass is 10.0. The second kappa shape index (κ2) is 4.31. The van der Waals surface area contributed by atoms with Crippen molar-refractivity contribution in [3.63, 3.8) is 0 Å². The van der Waals surface area contributed by atoms with Crippen LogP contribution in [-0.4, -0.2) is 23.2 Å². The highest BCUT2D eigenvalue weighted by atomic mass is 16.5.